The molecular formula is C19H25NO5. The van der Waals surface area contributed by atoms with E-state index in [9.17, 15) is 4.79 Å². The smallest absolute Gasteiger partial charge is 0.338 e. The van der Waals surface area contributed by atoms with Crippen LogP contribution in [0.25, 0.3) is 0 Å². The second-order valence-electron chi connectivity index (χ2n) is 6.86. The van der Waals surface area contributed by atoms with Crippen molar-refractivity contribution in [1.82, 2.24) is 4.57 Å². The molecule has 1 aromatic rings. The molecule has 3 rings (SSSR count). The van der Waals surface area contributed by atoms with Crippen molar-refractivity contribution in [1.29, 1.82) is 0 Å². The topological polar surface area (TPSA) is 90.3 Å². The molecule has 2 aliphatic rings. The highest BCUT2D eigenvalue weighted by Crippen LogP contribution is 2.45. The summed E-state index contributed by atoms with van der Waals surface area (Å²) >= 11 is 0. The summed E-state index contributed by atoms with van der Waals surface area (Å²) in [5.41, 5.74) is 1.18. The van der Waals surface area contributed by atoms with Crippen LogP contribution in [0, 0.1) is 5.92 Å². The van der Waals surface area contributed by atoms with Crippen molar-refractivity contribution in [3.8, 4) is 0 Å². The third kappa shape index (κ3) is 5.09. The predicted molar refractivity (Wildman–Crippen MR) is 87.3 cm³/mol. The van der Waals surface area contributed by atoms with Crippen molar-refractivity contribution in [2.45, 2.75) is 70.3 Å². The van der Waals surface area contributed by atoms with Crippen LogP contribution in [0.5, 0.6) is 0 Å². The molecule has 0 saturated heterocycles. The van der Waals surface area contributed by atoms with Gasteiger partial charge in [-0.2, -0.15) is 19.2 Å². The van der Waals surface area contributed by atoms with Crippen LogP contribution in [-0.4, -0.2) is 22.7 Å². The molecule has 2 saturated carbocycles. The lowest BCUT2D eigenvalue weighted by Crippen LogP contribution is -2.46. The van der Waals surface area contributed by atoms with Crippen molar-refractivity contribution < 1.29 is 24.0 Å². The average molecular weight is 347 g/mol. The van der Waals surface area contributed by atoms with E-state index in [2.05, 4.69) is 36.7 Å². The van der Waals surface area contributed by atoms with Gasteiger partial charge in [-0.3, -0.25) is 4.79 Å². The molecule has 0 amide bonds. The zero-order valence-corrected chi connectivity index (χ0v) is 14.8. The van der Waals surface area contributed by atoms with Crippen LogP contribution in [0.3, 0.4) is 0 Å². The molecule has 2 fully saturated rings. The third-order valence-electron chi connectivity index (χ3n) is 4.90. The monoisotopic (exact) mass is 347 g/mol. The van der Waals surface area contributed by atoms with Crippen molar-refractivity contribution >= 4 is 18.1 Å². The van der Waals surface area contributed by atoms with Crippen LogP contribution in [0.4, 0.5) is 0 Å². The fourth-order valence-electron chi connectivity index (χ4n) is 3.78. The van der Waals surface area contributed by atoms with E-state index >= 15 is 0 Å². The molecule has 6 heteroatoms. The molecule has 1 heterocycles. The van der Waals surface area contributed by atoms with Gasteiger partial charge in [0, 0.05) is 17.8 Å². The zero-order chi connectivity index (χ0) is 18.9. The second-order valence-corrected chi connectivity index (χ2v) is 6.86. The molecule has 0 unspecified atom stereocenters. The lowest BCUT2D eigenvalue weighted by Gasteiger charge is -2.40. The van der Waals surface area contributed by atoms with E-state index in [4.69, 9.17) is 19.2 Å². The Balaban J connectivity index is 0.000000460. The van der Waals surface area contributed by atoms with Gasteiger partial charge in [-0.15, -0.1) is 0 Å². The number of aromatic nitrogens is 1. The molecule has 25 heavy (non-hydrogen) atoms. The first-order valence-corrected chi connectivity index (χ1v) is 8.69. The summed E-state index contributed by atoms with van der Waals surface area (Å²) in [6, 6.07) is 4.37. The Morgan fingerprint density at radius 3 is 2.04 bits per heavy atom. The lowest BCUT2D eigenvalue weighted by molar-refractivity contribution is -0.193. The number of Topliss-reactive ketones (excluding diaryl/α,β-unsaturated/α-hetero) is 1. The van der Waals surface area contributed by atoms with Crippen LogP contribution in [0.15, 0.2) is 18.3 Å². The van der Waals surface area contributed by atoms with Crippen molar-refractivity contribution in [2.75, 3.05) is 0 Å². The minimum atomic E-state index is -0.228. The fourth-order valence-corrected chi connectivity index (χ4v) is 3.78. The van der Waals surface area contributed by atoms with Crippen molar-refractivity contribution in [2.24, 2.45) is 5.92 Å². The van der Waals surface area contributed by atoms with E-state index in [0.717, 1.165) is 12.8 Å². The largest absolute Gasteiger partial charge is 0.373 e. The summed E-state index contributed by atoms with van der Waals surface area (Å²) < 4.78 is 2.37. The molecule has 0 atom stereocenters. The Bertz CT molecular complexity index is 612. The summed E-state index contributed by atoms with van der Waals surface area (Å²) in [4.78, 5) is 45.4. The van der Waals surface area contributed by atoms with E-state index < -0.39 is 0 Å². The Hall–Kier alpha value is -2.29. The first-order valence-electron chi connectivity index (χ1n) is 8.69. The highest BCUT2D eigenvalue weighted by Gasteiger charge is 2.44. The Morgan fingerprint density at radius 1 is 1.08 bits per heavy atom. The first kappa shape index (κ1) is 20.8. The third-order valence-corrected chi connectivity index (χ3v) is 4.90. The van der Waals surface area contributed by atoms with E-state index in [1.165, 1.54) is 37.8 Å². The van der Waals surface area contributed by atoms with Gasteiger partial charge in [0.05, 0.1) is 0 Å². The number of nitrogens with zero attached hydrogens (tertiary/aromatic N) is 1. The van der Waals surface area contributed by atoms with Gasteiger partial charge in [0.15, 0.2) is 5.78 Å². The van der Waals surface area contributed by atoms with Gasteiger partial charge in [-0.05, 0) is 43.7 Å². The summed E-state index contributed by atoms with van der Waals surface area (Å²) in [5.74, 6) is 1.30. The number of carbonyl (C=O) groups excluding carboxylic acids is 5. The fraction of sp³-hybridized carbons (Fsp3) is 0.632. The predicted octanol–water partition coefficient (Wildman–Crippen LogP) is 3.08. The summed E-state index contributed by atoms with van der Waals surface area (Å²) in [7, 11) is 0. The van der Waals surface area contributed by atoms with Gasteiger partial charge in [0.2, 0.25) is 0 Å². The van der Waals surface area contributed by atoms with E-state index in [0.29, 0.717) is 11.7 Å². The van der Waals surface area contributed by atoms with Crippen LogP contribution in [0.2, 0.25) is 0 Å². The van der Waals surface area contributed by atoms with E-state index in [1.807, 2.05) is 0 Å². The second kappa shape index (κ2) is 9.87. The Morgan fingerprint density at radius 2 is 1.60 bits per heavy atom. The Labute approximate surface area is 147 Å². The number of hydrogen-bond donors (Lipinski definition) is 0. The van der Waals surface area contributed by atoms with Gasteiger partial charge in [0.25, 0.3) is 0 Å². The summed E-state index contributed by atoms with van der Waals surface area (Å²) in [5, 5.41) is 0. The maximum atomic E-state index is 12.9. The normalized spacial score (nSPS) is 17.9. The van der Waals surface area contributed by atoms with Crippen LogP contribution < -0.4 is 0 Å². The Kier molecular flexibility index (Phi) is 8.20. The molecule has 0 aromatic carbocycles. The standard InChI is InChI=1S/C17H25NO.2CO2/c1-13(2)16(19)17(10-4-3-5-11-17)18-12-6-7-15(18)14-8-9-14;2*2-1-3/h6-7,12-14H,3-5,8-11H2,1-2H3;;. The molecular weight excluding hydrogens is 322 g/mol. The molecule has 0 radical (unpaired) electrons. The number of rotatable bonds is 4. The average Bonchev–Trinajstić information content (AvgIpc) is 3.32. The van der Waals surface area contributed by atoms with Gasteiger partial charge in [0.1, 0.15) is 5.54 Å². The highest BCUT2D eigenvalue weighted by atomic mass is 16.2. The quantitative estimate of drug-likeness (QED) is 0.835. The van der Waals surface area contributed by atoms with Crippen LogP contribution >= 0.6 is 0 Å². The number of hydrogen-bond acceptors (Lipinski definition) is 5. The molecule has 0 bridgehead atoms. The van der Waals surface area contributed by atoms with Crippen LogP contribution in [-0.2, 0) is 29.5 Å². The molecule has 2 aliphatic carbocycles. The van der Waals surface area contributed by atoms with Crippen LogP contribution in [0.1, 0.15) is 70.4 Å². The molecule has 0 N–H and O–H groups in total. The van der Waals surface area contributed by atoms with Gasteiger partial charge in [-0.1, -0.05) is 33.1 Å². The van der Waals surface area contributed by atoms with Crippen molar-refractivity contribution in [3.05, 3.63) is 24.0 Å². The number of ketones is 1. The zero-order valence-electron chi connectivity index (χ0n) is 14.8. The molecule has 1 aromatic heterocycles. The molecule has 136 valence electrons. The maximum Gasteiger partial charge on any atom is 0.373 e. The summed E-state index contributed by atoms with van der Waals surface area (Å²) in [6.45, 7) is 4.11. The molecule has 0 spiro atoms. The summed E-state index contributed by atoms with van der Waals surface area (Å²) in [6.07, 6.45) is 11.0. The van der Waals surface area contributed by atoms with E-state index in [-0.39, 0.29) is 23.8 Å². The van der Waals surface area contributed by atoms with Gasteiger partial charge in [-0.25, -0.2) is 0 Å². The lowest BCUT2D eigenvalue weighted by atomic mass is 9.75. The highest BCUT2D eigenvalue weighted by molar-refractivity contribution is 5.88. The minimum absolute atomic E-state index is 0.132. The maximum absolute atomic E-state index is 12.9. The molecule has 6 nitrogen and oxygen atoms in total. The van der Waals surface area contributed by atoms with E-state index in [1.54, 1.807) is 0 Å². The minimum Gasteiger partial charge on any atom is -0.338 e. The first-order chi connectivity index (χ1) is 12.0. The molecule has 0 aliphatic heterocycles. The van der Waals surface area contributed by atoms with Crippen molar-refractivity contribution in [3.63, 3.8) is 0 Å². The van der Waals surface area contributed by atoms with Gasteiger partial charge < -0.3 is 4.57 Å². The van der Waals surface area contributed by atoms with Gasteiger partial charge >= 0.3 is 12.3 Å². The number of carbonyl (C=O) groups is 1. The SMILES string of the molecule is CC(C)C(=O)C1(n2cccc2C2CC2)CCCCC1.O=C=O.O=C=O.